The van der Waals surface area contributed by atoms with Gasteiger partial charge in [-0.05, 0) is 50.0 Å². The van der Waals surface area contributed by atoms with Gasteiger partial charge in [0, 0.05) is 19.2 Å². The molecule has 1 amide bonds. The van der Waals surface area contributed by atoms with Crippen molar-refractivity contribution >= 4 is 5.91 Å². The average molecular weight is 257 g/mol. The number of nitrogens with one attached hydrogen (secondary N) is 1. The number of carbonyl (C=O) groups is 1. The first-order chi connectivity index (χ1) is 9.20. The molecule has 2 rings (SSSR count). The SMILES string of the molecule is CN(CC1CCCNC1)C(=O)c1cccc(C#N)c1. The lowest BCUT2D eigenvalue weighted by molar-refractivity contribution is 0.0764. The predicted molar refractivity (Wildman–Crippen MR) is 73.7 cm³/mol. The van der Waals surface area contributed by atoms with Crippen LogP contribution in [0, 0.1) is 17.2 Å². The maximum Gasteiger partial charge on any atom is 0.253 e. The van der Waals surface area contributed by atoms with Crippen molar-refractivity contribution in [2.24, 2.45) is 5.92 Å². The molecule has 1 unspecified atom stereocenters. The Labute approximate surface area is 114 Å². The lowest BCUT2D eigenvalue weighted by Crippen LogP contribution is -2.39. The molecule has 1 aliphatic heterocycles. The Balaban J connectivity index is 1.99. The topological polar surface area (TPSA) is 56.1 Å². The number of nitriles is 1. The third kappa shape index (κ3) is 3.55. The van der Waals surface area contributed by atoms with Crippen molar-refractivity contribution in [3.63, 3.8) is 0 Å². The van der Waals surface area contributed by atoms with Gasteiger partial charge in [-0.15, -0.1) is 0 Å². The zero-order valence-electron chi connectivity index (χ0n) is 11.2. The molecule has 1 heterocycles. The maximum atomic E-state index is 12.3. The van der Waals surface area contributed by atoms with Crippen LogP contribution >= 0.6 is 0 Å². The highest BCUT2D eigenvalue weighted by atomic mass is 16.2. The second kappa shape index (κ2) is 6.35. The zero-order chi connectivity index (χ0) is 13.7. The Morgan fingerprint density at radius 1 is 1.58 bits per heavy atom. The van der Waals surface area contributed by atoms with Crippen LogP contribution in [0.1, 0.15) is 28.8 Å². The van der Waals surface area contributed by atoms with Crippen molar-refractivity contribution in [2.75, 3.05) is 26.7 Å². The summed E-state index contributed by atoms with van der Waals surface area (Å²) in [5.41, 5.74) is 1.11. The molecular weight excluding hydrogens is 238 g/mol. The van der Waals surface area contributed by atoms with Crippen molar-refractivity contribution < 1.29 is 4.79 Å². The first-order valence-corrected chi connectivity index (χ1v) is 6.67. The van der Waals surface area contributed by atoms with Gasteiger partial charge < -0.3 is 10.2 Å². The molecule has 1 aliphatic rings. The fourth-order valence-corrected chi connectivity index (χ4v) is 2.49. The Bertz CT molecular complexity index is 486. The number of benzene rings is 1. The van der Waals surface area contributed by atoms with Crippen molar-refractivity contribution in [2.45, 2.75) is 12.8 Å². The number of nitrogens with zero attached hydrogens (tertiary/aromatic N) is 2. The van der Waals surface area contributed by atoms with Gasteiger partial charge in [0.15, 0.2) is 0 Å². The van der Waals surface area contributed by atoms with Crippen LogP contribution in [-0.2, 0) is 0 Å². The van der Waals surface area contributed by atoms with Crippen LogP contribution in [0.5, 0.6) is 0 Å². The summed E-state index contributed by atoms with van der Waals surface area (Å²) in [6.07, 6.45) is 2.35. The highest BCUT2D eigenvalue weighted by molar-refractivity contribution is 5.94. The van der Waals surface area contributed by atoms with Crippen molar-refractivity contribution in [3.8, 4) is 6.07 Å². The van der Waals surface area contributed by atoms with Gasteiger partial charge in [0.05, 0.1) is 11.6 Å². The van der Waals surface area contributed by atoms with Crippen molar-refractivity contribution in [1.82, 2.24) is 10.2 Å². The van der Waals surface area contributed by atoms with Crippen LogP contribution < -0.4 is 5.32 Å². The highest BCUT2D eigenvalue weighted by Gasteiger charge is 2.19. The molecule has 1 aromatic carbocycles. The summed E-state index contributed by atoms with van der Waals surface area (Å²) in [7, 11) is 1.83. The molecule has 0 radical (unpaired) electrons. The molecule has 0 spiro atoms. The van der Waals surface area contributed by atoms with Crippen LogP contribution in [-0.4, -0.2) is 37.5 Å². The lowest BCUT2D eigenvalue weighted by Gasteiger charge is -2.27. The molecule has 0 saturated carbocycles. The van der Waals surface area contributed by atoms with E-state index in [9.17, 15) is 4.79 Å². The van der Waals surface area contributed by atoms with Gasteiger partial charge in [-0.3, -0.25) is 4.79 Å². The van der Waals surface area contributed by atoms with E-state index >= 15 is 0 Å². The Kier molecular flexibility index (Phi) is 4.53. The van der Waals surface area contributed by atoms with Crippen molar-refractivity contribution in [3.05, 3.63) is 35.4 Å². The summed E-state index contributed by atoms with van der Waals surface area (Å²) in [6, 6.07) is 8.94. The van der Waals surface area contributed by atoms with Crippen LogP contribution in [0.4, 0.5) is 0 Å². The molecule has 4 heteroatoms. The maximum absolute atomic E-state index is 12.3. The van der Waals surface area contributed by atoms with Gasteiger partial charge >= 0.3 is 0 Å². The normalized spacial score (nSPS) is 18.6. The van der Waals surface area contributed by atoms with Crippen molar-refractivity contribution in [1.29, 1.82) is 5.26 Å². The fraction of sp³-hybridized carbons (Fsp3) is 0.467. The monoisotopic (exact) mass is 257 g/mol. The molecule has 100 valence electrons. The molecule has 1 N–H and O–H groups in total. The van der Waals surface area contributed by atoms with Crippen LogP contribution in [0.25, 0.3) is 0 Å². The zero-order valence-corrected chi connectivity index (χ0v) is 11.2. The Morgan fingerprint density at radius 3 is 3.11 bits per heavy atom. The molecule has 1 aromatic rings. The molecule has 19 heavy (non-hydrogen) atoms. The van der Waals surface area contributed by atoms with Gasteiger partial charge in [0.25, 0.3) is 5.91 Å². The van der Waals surface area contributed by atoms with E-state index in [0.717, 1.165) is 19.6 Å². The first-order valence-electron chi connectivity index (χ1n) is 6.67. The summed E-state index contributed by atoms with van der Waals surface area (Å²) < 4.78 is 0. The molecule has 1 fully saturated rings. The fourth-order valence-electron chi connectivity index (χ4n) is 2.49. The summed E-state index contributed by atoms with van der Waals surface area (Å²) in [6.45, 7) is 2.83. The number of amides is 1. The Morgan fingerprint density at radius 2 is 2.42 bits per heavy atom. The van der Waals surface area contributed by atoms with Gasteiger partial charge in [-0.1, -0.05) is 6.07 Å². The minimum absolute atomic E-state index is 0.0114. The summed E-state index contributed by atoms with van der Waals surface area (Å²) >= 11 is 0. The molecule has 1 saturated heterocycles. The molecule has 0 aromatic heterocycles. The summed E-state index contributed by atoms with van der Waals surface area (Å²) in [5.74, 6) is 0.518. The predicted octanol–water partition coefficient (Wildman–Crippen LogP) is 1.63. The smallest absolute Gasteiger partial charge is 0.253 e. The lowest BCUT2D eigenvalue weighted by atomic mass is 9.99. The summed E-state index contributed by atoms with van der Waals surface area (Å²) in [5, 5.41) is 12.2. The summed E-state index contributed by atoms with van der Waals surface area (Å²) in [4.78, 5) is 14.0. The van der Waals surface area contributed by atoms with Gasteiger partial charge in [-0.25, -0.2) is 0 Å². The molecule has 4 nitrogen and oxygen atoms in total. The van der Waals surface area contributed by atoms with E-state index in [2.05, 4.69) is 11.4 Å². The second-order valence-electron chi connectivity index (χ2n) is 5.09. The number of rotatable bonds is 3. The highest BCUT2D eigenvalue weighted by Crippen LogP contribution is 2.13. The van der Waals surface area contributed by atoms with Gasteiger partial charge in [0.1, 0.15) is 0 Å². The first kappa shape index (κ1) is 13.6. The van der Waals surface area contributed by atoms with E-state index in [1.165, 1.54) is 12.8 Å². The second-order valence-corrected chi connectivity index (χ2v) is 5.09. The minimum Gasteiger partial charge on any atom is -0.341 e. The van der Waals surface area contributed by atoms with Gasteiger partial charge in [0.2, 0.25) is 0 Å². The molecule has 1 atom stereocenters. The minimum atomic E-state index is -0.0114. The molecule has 0 aliphatic carbocycles. The largest absolute Gasteiger partial charge is 0.341 e. The van der Waals surface area contributed by atoms with Gasteiger partial charge in [-0.2, -0.15) is 5.26 Å². The number of piperidine rings is 1. The Hall–Kier alpha value is -1.86. The third-order valence-electron chi connectivity index (χ3n) is 3.52. The van der Waals surface area contributed by atoms with E-state index in [-0.39, 0.29) is 5.91 Å². The number of carbonyl (C=O) groups excluding carboxylic acids is 1. The number of hydrogen-bond donors (Lipinski definition) is 1. The third-order valence-corrected chi connectivity index (χ3v) is 3.52. The molecular formula is C15H19N3O. The molecule has 0 bridgehead atoms. The van der Waals surface area contributed by atoms with E-state index in [1.807, 2.05) is 7.05 Å². The van der Waals surface area contributed by atoms with E-state index in [0.29, 0.717) is 17.0 Å². The number of hydrogen-bond acceptors (Lipinski definition) is 3. The van der Waals surface area contributed by atoms with Crippen LogP contribution in [0.15, 0.2) is 24.3 Å². The van der Waals surface area contributed by atoms with Crippen LogP contribution in [0.2, 0.25) is 0 Å². The van der Waals surface area contributed by atoms with E-state index in [1.54, 1.807) is 29.2 Å². The quantitative estimate of drug-likeness (QED) is 0.895. The van der Waals surface area contributed by atoms with E-state index < -0.39 is 0 Å². The van der Waals surface area contributed by atoms with Crippen LogP contribution in [0.3, 0.4) is 0 Å². The van der Waals surface area contributed by atoms with E-state index in [4.69, 9.17) is 5.26 Å². The average Bonchev–Trinajstić information content (AvgIpc) is 2.47. The standard InChI is InChI=1S/C15H19N3O/c1-18(11-13-5-3-7-17-10-13)15(19)14-6-2-4-12(8-14)9-16/h2,4,6,8,13,17H,3,5,7,10-11H2,1H3.